The monoisotopic (exact) mass is 356 g/mol. The van der Waals surface area contributed by atoms with Crippen molar-refractivity contribution in [3.05, 3.63) is 56.7 Å². The summed E-state index contributed by atoms with van der Waals surface area (Å²) >= 11 is 11.7. The van der Waals surface area contributed by atoms with Crippen LogP contribution >= 0.6 is 38.9 Å². The molecule has 2 rings (SSSR count). The summed E-state index contributed by atoms with van der Waals surface area (Å²) < 4.78 is 0. The van der Waals surface area contributed by atoms with Crippen LogP contribution in [0.2, 0.25) is 5.02 Å². The molecule has 1 heterocycles. The van der Waals surface area contributed by atoms with Gasteiger partial charge in [-0.3, -0.25) is 0 Å². The van der Waals surface area contributed by atoms with Gasteiger partial charge in [-0.05, 0) is 41.7 Å². The Labute approximate surface area is 132 Å². The van der Waals surface area contributed by atoms with Crippen molar-refractivity contribution in [3.8, 4) is 0 Å². The molecule has 0 aliphatic heterocycles. The van der Waals surface area contributed by atoms with Gasteiger partial charge < -0.3 is 0 Å². The Morgan fingerprint density at radius 3 is 2.53 bits per heavy atom. The third kappa shape index (κ3) is 4.08. The number of thiophene rings is 1. The molecule has 0 saturated carbocycles. The molecule has 1 aromatic carbocycles. The molecule has 0 spiro atoms. The molecule has 0 N–H and O–H groups in total. The highest BCUT2D eigenvalue weighted by atomic mass is 79.9. The van der Waals surface area contributed by atoms with Gasteiger partial charge in [-0.2, -0.15) is 0 Å². The highest BCUT2D eigenvalue weighted by Crippen LogP contribution is 2.37. The SMILES string of the molecule is CC(C)(C)c1ccc(C(Br)Cc2cccc(Cl)c2)s1. The summed E-state index contributed by atoms with van der Waals surface area (Å²) in [7, 11) is 0. The van der Waals surface area contributed by atoms with Gasteiger partial charge in [-0.25, -0.2) is 0 Å². The van der Waals surface area contributed by atoms with Crippen molar-refractivity contribution in [2.24, 2.45) is 0 Å². The predicted octanol–water partition coefficient (Wildman–Crippen LogP) is 6.38. The first-order chi connectivity index (χ1) is 8.86. The molecule has 0 aliphatic rings. The molecule has 0 fully saturated rings. The van der Waals surface area contributed by atoms with Gasteiger partial charge in [0.15, 0.2) is 0 Å². The third-order valence-electron chi connectivity index (χ3n) is 2.98. The van der Waals surface area contributed by atoms with Crippen LogP contribution in [0.1, 0.15) is 40.9 Å². The van der Waals surface area contributed by atoms with Crippen molar-refractivity contribution in [2.45, 2.75) is 37.4 Å². The normalized spacial score (nSPS) is 13.5. The molecule has 0 nitrogen and oxygen atoms in total. The topological polar surface area (TPSA) is 0 Å². The second-order valence-electron chi connectivity index (χ2n) is 5.75. The Hall–Kier alpha value is -0.310. The minimum Gasteiger partial charge on any atom is -0.144 e. The number of rotatable bonds is 3. The number of hydrogen-bond acceptors (Lipinski definition) is 1. The van der Waals surface area contributed by atoms with Crippen molar-refractivity contribution in [2.75, 3.05) is 0 Å². The van der Waals surface area contributed by atoms with Crippen LogP contribution in [-0.2, 0) is 11.8 Å². The molecule has 0 bridgehead atoms. The molecule has 2 aromatic rings. The van der Waals surface area contributed by atoms with Crippen LogP contribution in [-0.4, -0.2) is 0 Å². The number of alkyl halides is 1. The lowest BCUT2D eigenvalue weighted by atomic mass is 9.95. The summed E-state index contributed by atoms with van der Waals surface area (Å²) in [4.78, 5) is 3.16. The average molecular weight is 358 g/mol. The van der Waals surface area contributed by atoms with Crippen LogP contribution in [0.25, 0.3) is 0 Å². The van der Waals surface area contributed by atoms with E-state index in [-0.39, 0.29) is 5.41 Å². The largest absolute Gasteiger partial charge is 0.144 e. The molecule has 0 amide bonds. The lowest BCUT2D eigenvalue weighted by molar-refractivity contribution is 0.604. The molecule has 1 atom stereocenters. The Morgan fingerprint density at radius 1 is 1.21 bits per heavy atom. The van der Waals surface area contributed by atoms with Crippen molar-refractivity contribution >= 4 is 38.9 Å². The highest BCUT2D eigenvalue weighted by molar-refractivity contribution is 9.09. The van der Waals surface area contributed by atoms with Crippen molar-refractivity contribution in [1.29, 1.82) is 0 Å². The molecule has 102 valence electrons. The lowest BCUT2D eigenvalue weighted by Gasteiger charge is -2.15. The van der Waals surface area contributed by atoms with Crippen LogP contribution in [0.4, 0.5) is 0 Å². The average Bonchev–Trinajstić information content (AvgIpc) is 2.77. The van der Waals surface area contributed by atoms with E-state index < -0.39 is 0 Å². The van der Waals surface area contributed by atoms with E-state index in [0.29, 0.717) is 4.83 Å². The quantitative estimate of drug-likeness (QED) is 0.559. The summed E-state index contributed by atoms with van der Waals surface area (Å²) in [6.07, 6.45) is 0.963. The zero-order valence-corrected chi connectivity index (χ0v) is 14.6. The Bertz CT molecular complexity index is 554. The van der Waals surface area contributed by atoms with Gasteiger partial charge in [0.2, 0.25) is 0 Å². The minimum atomic E-state index is 0.228. The molecule has 1 unspecified atom stereocenters. The van der Waals surface area contributed by atoms with E-state index in [2.05, 4.69) is 54.9 Å². The van der Waals surface area contributed by atoms with E-state index in [1.54, 1.807) is 0 Å². The first-order valence-electron chi connectivity index (χ1n) is 6.35. The molecule has 0 radical (unpaired) electrons. The predicted molar refractivity (Wildman–Crippen MR) is 89.8 cm³/mol. The molecular weight excluding hydrogens is 340 g/mol. The number of hydrogen-bond donors (Lipinski definition) is 0. The van der Waals surface area contributed by atoms with E-state index in [1.165, 1.54) is 15.3 Å². The van der Waals surface area contributed by atoms with E-state index in [4.69, 9.17) is 11.6 Å². The standard InChI is InChI=1S/C16H18BrClS/c1-16(2,3)15-8-7-14(19-15)13(17)10-11-5-4-6-12(18)9-11/h4-9,13H,10H2,1-3H3. The Kier molecular flexibility index (Phi) is 4.75. The first-order valence-corrected chi connectivity index (χ1v) is 8.46. The van der Waals surface area contributed by atoms with E-state index >= 15 is 0 Å². The molecule has 19 heavy (non-hydrogen) atoms. The maximum Gasteiger partial charge on any atom is 0.0529 e. The second kappa shape index (κ2) is 5.99. The van der Waals surface area contributed by atoms with Crippen molar-refractivity contribution in [1.82, 2.24) is 0 Å². The fourth-order valence-electron chi connectivity index (χ4n) is 1.90. The number of benzene rings is 1. The fraction of sp³-hybridized carbons (Fsp3) is 0.375. The highest BCUT2D eigenvalue weighted by Gasteiger charge is 2.18. The van der Waals surface area contributed by atoms with Crippen molar-refractivity contribution in [3.63, 3.8) is 0 Å². The van der Waals surface area contributed by atoms with E-state index in [9.17, 15) is 0 Å². The van der Waals surface area contributed by atoms with Crippen LogP contribution in [0.15, 0.2) is 36.4 Å². The molecule has 0 aliphatic carbocycles. The first kappa shape index (κ1) is 15.1. The van der Waals surface area contributed by atoms with Crippen LogP contribution in [0, 0.1) is 0 Å². The van der Waals surface area contributed by atoms with E-state index in [0.717, 1.165) is 11.4 Å². The summed E-state index contributed by atoms with van der Waals surface area (Å²) in [5, 5.41) is 0.804. The van der Waals surface area contributed by atoms with Gasteiger partial charge >= 0.3 is 0 Å². The third-order valence-corrected chi connectivity index (χ3v) is 5.96. The molecule has 1 aromatic heterocycles. The van der Waals surface area contributed by atoms with Crippen LogP contribution in [0.5, 0.6) is 0 Å². The van der Waals surface area contributed by atoms with Crippen molar-refractivity contribution < 1.29 is 0 Å². The summed E-state index contributed by atoms with van der Waals surface area (Å²) in [6.45, 7) is 6.76. The second-order valence-corrected chi connectivity index (χ2v) is 8.41. The van der Waals surface area contributed by atoms with E-state index in [1.807, 2.05) is 29.5 Å². The molecule has 3 heteroatoms. The zero-order chi connectivity index (χ0) is 14.0. The lowest BCUT2D eigenvalue weighted by Crippen LogP contribution is -2.07. The van der Waals surface area contributed by atoms with Gasteiger partial charge in [0.25, 0.3) is 0 Å². The van der Waals surface area contributed by atoms with Gasteiger partial charge in [-0.15, -0.1) is 11.3 Å². The summed E-state index contributed by atoms with van der Waals surface area (Å²) in [6, 6.07) is 12.6. The van der Waals surface area contributed by atoms with Crippen LogP contribution in [0.3, 0.4) is 0 Å². The number of halogens is 2. The molecule has 0 saturated heterocycles. The van der Waals surface area contributed by atoms with Gasteiger partial charge in [0.1, 0.15) is 0 Å². The Balaban J connectivity index is 2.12. The maximum absolute atomic E-state index is 6.03. The smallest absolute Gasteiger partial charge is 0.0529 e. The summed E-state index contributed by atoms with van der Waals surface area (Å²) in [5.74, 6) is 0. The zero-order valence-electron chi connectivity index (χ0n) is 11.4. The van der Waals surface area contributed by atoms with Crippen LogP contribution < -0.4 is 0 Å². The minimum absolute atomic E-state index is 0.228. The maximum atomic E-state index is 6.03. The van der Waals surface area contributed by atoms with Gasteiger partial charge in [0.05, 0.1) is 4.83 Å². The van der Waals surface area contributed by atoms with Gasteiger partial charge in [-0.1, -0.05) is 60.4 Å². The summed E-state index contributed by atoms with van der Waals surface area (Å²) in [5.41, 5.74) is 1.49. The van der Waals surface area contributed by atoms with Gasteiger partial charge in [0, 0.05) is 14.8 Å². The molecular formula is C16H18BrClS. The fourth-order valence-corrected chi connectivity index (χ4v) is 3.96. The Morgan fingerprint density at radius 2 is 1.95 bits per heavy atom.